The van der Waals surface area contributed by atoms with Gasteiger partial charge in [0.1, 0.15) is 11.5 Å². The van der Waals surface area contributed by atoms with Crippen LogP contribution in [0.15, 0.2) is 57.8 Å². The first-order valence-electron chi connectivity index (χ1n) is 10.3. The summed E-state index contributed by atoms with van der Waals surface area (Å²) in [5, 5.41) is 13.1. The van der Waals surface area contributed by atoms with Crippen molar-refractivity contribution in [3.05, 3.63) is 59.0 Å². The van der Waals surface area contributed by atoms with Crippen LogP contribution in [0.3, 0.4) is 0 Å². The first kappa shape index (κ1) is 22.1. The topological polar surface area (TPSA) is 108 Å². The van der Waals surface area contributed by atoms with Crippen molar-refractivity contribution in [3.8, 4) is 11.5 Å². The fourth-order valence-electron chi connectivity index (χ4n) is 3.72. The van der Waals surface area contributed by atoms with Crippen molar-refractivity contribution < 1.29 is 17.9 Å². The molecule has 3 heterocycles. The summed E-state index contributed by atoms with van der Waals surface area (Å²) in [7, 11) is -0.818. The molecule has 0 bridgehead atoms. The molecule has 0 aliphatic rings. The van der Waals surface area contributed by atoms with E-state index in [0.29, 0.717) is 34.1 Å². The molecular formula is C23H21N5O4S2. The molecule has 0 spiro atoms. The summed E-state index contributed by atoms with van der Waals surface area (Å²) in [4.78, 5) is 4.85. The number of hydrogen-bond acceptors (Lipinski definition) is 9. The van der Waals surface area contributed by atoms with Gasteiger partial charge in [0.2, 0.25) is 14.9 Å². The monoisotopic (exact) mass is 495 g/mol. The second-order valence-electron chi connectivity index (χ2n) is 7.69. The van der Waals surface area contributed by atoms with Crippen molar-refractivity contribution >= 4 is 48.5 Å². The van der Waals surface area contributed by atoms with Gasteiger partial charge in [-0.05, 0) is 54.6 Å². The first-order chi connectivity index (χ1) is 16.3. The van der Waals surface area contributed by atoms with Gasteiger partial charge in [0.25, 0.3) is 0 Å². The largest absolute Gasteiger partial charge is 0.497 e. The highest BCUT2D eigenvalue weighted by atomic mass is 32.2. The molecule has 5 aromatic rings. The quantitative estimate of drug-likeness (QED) is 0.366. The van der Waals surface area contributed by atoms with Gasteiger partial charge >= 0.3 is 0 Å². The maximum absolute atomic E-state index is 13.6. The minimum Gasteiger partial charge on any atom is -0.497 e. The number of thiophene rings is 1. The molecular weight excluding hydrogens is 474 g/mol. The zero-order valence-corrected chi connectivity index (χ0v) is 20.5. The zero-order chi connectivity index (χ0) is 24.0. The standard InChI is InChI=1S/C23H21N5O4S2/c1-13-5-6-14(2)19(11-13)34(29,30)23-22-25-21(20-17(9-10-33-20)28(22)27-26-23)24-16-12-15(31-3)7-8-18(16)32-4/h5-12H,1-4H3,(H,24,25). The predicted molar refractivity (Wildman–Crippen MR) is 130 cm³/mol. The Morgan fingerprint density at radius 2 is 1.85 bits per heavy atom. The van der Waals surface area contributed by atoms with Crippen LogP contribution in [-0.4, -0.2) is 42.4 Å². The normalized spacial score (nSPS) is 11.8. The number of fused-ring (bicyclic) bond motifs is 3. The Bertz CT molecular complexity index is 1660. The Morgan fingerprint density at radius 1 is 1.03 bits per heavy atom. The maximum Gasteiger partial charge on any atom is 0.229 e. The highest BCUT2D eigenvalue weighted by Crippen LogP contribution is 2.36. The summed E-state index contributed by atoms with van der Waals surface area (Å²) in [5.41, 5.74) is 2.91. The van der Waals surface area contributed by atoms with Gasteiger partial charge in [0.15, 0.2) is 11.5 Å². The number of aromatic nitrogens is 4. The molecule has 3 aromatic heterocycles. The van der Waals surface area contributed by atoms with Crippen molar-refractivity contribution in [3.63, 3.8) is 0 Å². The molecule has 2 aromatic carbocycles. The number of hydrogen-bond donors (Lipinski definition) is 1. The third kappa shape index (κ3) is 3.53. The predicted octanol–water partition coefficient (Wildman–Crippen LogP) is 4.55. The van der Waals surface area contributed by atoms with E-state index in [0.717, 1.165) is 10.3 Å². The summed E-state index contributed by atoms with van der Waals surface area (Å²) < 4.78 is 40.3. The van der Waals surface area contributed by atoms with E-state index < -0.39 is 9.84 Å². The third-order valence-corrected chi connectivity index (χ3v) is 8.17. The Morgan fingerprint density at radius 3 is 2.62 bits per heavy atom. The second kappa shape index (κ2) is 8.26. The van der Waals surface area contributed by atoms with Crippen LogP contribution in [0.4, 0.5) is 11.5 Å². The number of ether oxygens (including phenoxy) is 2. The van der Waals surface area contributed by atoms with Crippen molar-refractivity contribution in [2.45, 2.75) is 23.8 Å². The van der Waals surface area contributed by atoms with Gasteiger partial charge in [-0.3, -0.25) is 0 Å². The van der Waals surface area contributed by atoms with E-state index in [1.54, 1.807) is 51.5 Å². The van der Waals surface area contributed by atoms with Gasteiger partial charge < -0.3 is 14.8 Å². The van der Waals surface area contributed by atoms with Crippen molar-refractivity contribution in [2.24, 2.45) is 0 Å². The van der Waals surface area contributed by atoms with E-state index >= 15 is 0 Å². The molecule has 5 rings (SSSR count). The van der Waals surface area contributed by atoms with E-state index in [1.807, 2.05) is 24.4 Å². The summed E-state index contributed by atoms with van der Waals surface area (Å²) in [6, 6.07) is 12.5. The average molecular weight is 496 g/mol. The lowest BCUT2D eigenvalue weighted by molar-refractivity contribution is 0.405. The van der Waals surface area contributed by atoms with Gasteiger partial charge in [0.05, 0.1) is 35.0 Å². The van der Waals surface area contributed by atoms with Gasteiger partial charge in [-0.1, -0.05) is 17.3 Å². The van der Waals surface area contributed by atoms with Crippen LogP contribution >= 0.6 is 11.3 Å². The molecule has 0 unspecified atom stereocenters. The lowest BCUT2D eigenvalue weighted by Gasteiger charge is -2.13. The van der Waals surface area contributed by atoms with E-state index in [4.69, 9.17) is 9.47 Å². The van der Waals surface area contributed by atoms with Gasteiger partial charge in [-0.15, -0.1) is 16.4 Å². The Balaban J connectivity index is 1.72. The highest BCUT2D eigenvalue weighted by molar-refractivity contribution is 7.91. The van der Waals surface area contributed by atoms with Gasteiger partial charge in [-0.25, -0.2) is 13.4 Å². The molecule has 0 aliphatic carbocycles. The Labute approximate surface area is 199 Å². The molecule has 0 fully saturated rings. The van der Waals surface area contributed by atoms with Crippen LogP contribution in [0.1, 0.15) is 11.1 Å². The second-order valence-corrected chi connectivity index (χ2v) is 10.4. The number of aryl methyl sites for hydroxylation is 2. The maximum atomic E-state index is 13.6. The Hall–Kier alpha value is -3.70. The van der Waals surface area contributed by atoms with Gasteiger partial charge in [-0.2, -0.15) is 4.52 Å². The van der Waals surface area contributed by atoms with Crippen molar-refractivity contribution in [2.75, 3.05) is 19.5 Å². The average Bonchev–Trinajstić information content (AvgIpc) is 3.48. The first-order valence-corrected chi connectivity index (χ1v) is 12.6. The molecule has 0 radical (unpaired) electrons. The number of methoxy groups -OCH3 is 2. The van der Waals surface area contributed by atoms with Crippen LogP contribution in [0.2, 0.25) is 0 Å². The van der Waals surface area contributed by atoms with E-state index in [-0.39, 0.29) is 15.6 Å². The highest BCUT2D eigenvalue weighted by Gasteiger charge is 2.29. The van der Waals surface area contributed by atoms with Crippen LogP contribution < -0.4 is 14.8 Å². The molecule has 34 heavy (non-hydrogen) atoms. The molecule has 0 amide bonds. The van der Waals surface area contributed by atoms with E-state index in [2.05, 4.69) is 20.6 Å². The number of rotatable bonds is 6. The molecule has 0 atom stereocenters. The number of nitrogens with one attached hydrogen (secondary N) is 1. The zero-order valence-electron chi connectivity index (χ0n) is 18.9. The lowest BCUT2D eigenvalue weighted by atomic mass is 10.2. The number of anilines is 2. The smallest absolute Gasteiger partial charge is 0.229 e. The number of sulfone groups is 1. The fraction of sp³-hybridized carbons (Fsp3) is 0.174. The number of nitrogens with zero attached hydrogens (tertiary/aromatic N) is 4. The minimum atomic E-state index is -3.97. The molecule has 1 N–H and O–H groups in total. The lowest BCUT2D eigenvalue weighted by Crippen LogP contribution is -2.07. The van der Waals surface area contributed by atoms with Crippen LogP contribution in [0, 0.1) is 13.8 Å². The van der Waals surface area contributed by atoms with Crippen LogP contribution in [0.5, 0.6) is 11.5 Å². The molecule has 11 heteroatoms. The molecule has 0 saturated heterocycles. The summed E-state index contributed by atoms with van der Waals surface area (Å²) in [6.45, 7) is 3.60. The molecule has 0 aliphatic heterocycles. The van der Waals surface area contributed by atoms with E-state index in [9.17, 15) is 8.42 Å². The Kier molecular flexibility index (Phi) is 5.37. The minimum absolute atomic E-state index is 0.135. The summed E-state index contributed by atoms with van der Waals surface area (Å²) in [6.07, 6.45) is 0. The van der Waals surface area contributed by atoms with E-state index in [1.165, 1.54) is 15.9 Å². The number of benzene rings is 2. The van der Waals surface area contributed by atoms with Crippen LogP contribution in [-0.2, 0) is 9.84 Å². The fourth-order valence-corrected chi connectivity index (χ4v) is 6.10. The summed E-state index contributed by atoms with van der Waals surface area (Å²) >= 11 is 1.45. The van der Waals surface area contributed by atoms with Gasteiger partial charge in [0, 0.05) is 6.07 Å². The van der Waals surface area contributed by atoms with Crippen molar-refractivity contribution in [1.82, 2.24) is 19.8 Å². The molecule has 174 valence electrons. The SMILES string of the molecule is COc1ccc(OC)c(Nc2nc3c(S(=O)(=O)c4cc(C)ccc4C)nnn3c3ccsc23)c1. The van der Waals surface area contributed by atoms with Crippen molar-refractivity contribution in [1.29, 1.82) is 0 Å². The molecule has 9 nitrogen and oxygen atoms in total. The van der Waals surface area contributed by atoms with Crippen LogP contribution in [0.25, 0.3) is 15.9 Å². The summed E-state index contributed by atoms with van der Waals surface area (Å²) in [5.74, 6) is 1.68. The third-order valence-electron chi connectivity index (χ3n) is 5.47. The molecule has 0 saturated carbocycles.